The van der Waals surface area contributed by atoms with Gasteiger partial charge in [0, 0.05) is 28.6 Å². The summed E-state index contributed by atoms with van der Waals surface area (Å²) in [5.74, 6) is 0.279. The van der Waals surface area contributed by atoms with E-state index in [0.29, 0.717) is 5.65 Å². The van der Waals surface area contributed by atoms with Crippen LogP contribution in [0.25, 0.3) is 22.3 Å². The van der Waals surface area contributed by atoms with E-state index in [1.54, 1.807) is 17.7 Å². The quantitative estimate of drug-likeness (QED) is 0.750. The number of fused-ring (bicyclic) bond motifs is 1. The summed E-state index contributed by atoms with van der Waals surface area (Å²) in [6.07, 6.45) is 1.47. The third-order valence-corrected chi connectivity index (χ3v) is 3.34. The summed E-state index contributed by atoms with van der Waals surface area (Å²) in [6.45, 7) is 0. The average molecular weight is 288 g/mol. The molecule has 1 atom stereocenters. The molecule has 3 aromatic rings. The summed E-state index contributed by atoms with van der Waals surface area (Å²) in [5, 5.41) is 0.771. The van der Waals surface area contributed by atoms with Crippen LogP contribution in [0.3, 0.4) is 0 Å². The Hall–Kier alpha value is -2.30. The number of hydrogen-bond acceptors (Lipinski definition) is 4. The molecule has 0 aliphatic carbocycles. The molecule has 0 saturated heterocycles. The van der Waals surface area contributed by atoms with Crippen molar-refractivity contribution in [1.29, 1.82) is 0 Å². The van der Waals surface area contributed by atoms with Gasteiger partial charge in [-0.05, 0) is 0 Å². The van der Waals surface area contributed by atoms with Crippen LogP contribution in [0.1, 0.15) is 0 Å². The molecule has 6 nitrogen and oxygen atoms in total. The fraction of sp³-hybridized carbons (Fsp3) is 0.0769. The van der Waals surface area contributed by atoms with E-state index in [1.165, 1.54) is 6.33 Å². The molecule has 0 amide bonds. The molecule has 0 radical (unpaired) electrons. The molecule has 0 bridgehead atoms. The molecule has 0 saturated carbocycles. The van der Waals surface area contributed by atoms with Gasteiger partial charge in [-0.25, -0.2) is 14.5 Å². The largest absolute Gasteiger partial charge is 0.749 e. The van der Waals surface area contributed by atoms with Crippen molar-refractivity contribution in [3.05, 3.63) is 42.7 Å². The van der Waals surface area contributed by atoms with E-state index in [2.05, 4.69) is 9.97 Å². The Morgan fingerprint density at radius 1 is 1.25 bits per heavy atom. The highest BCUT2D eigenvalue weighted by Gasteiger charge is 2.21. The van der Waals surface area contributed by atoms with Gasteiger partial charge in [-0.1, -0.05) is 30.3 Å². The SMILES string of the molecule is Cn1c(O[P+](=O)O)cc2c(-c3ccccc3)ncnc21. The van der Waals surface area contributed by atoms with Crippen LogP contribution in [-0.2, 0) is 11.6 Å². The lowest BCUT2D eigenvalue weighted by Gasteiger charge is -2.02. The van der Waals surface area contributed by atoms with Gasteiger partial charge in [0.15, 0.2) is 0 Å². The van der Waals surface area contributed by atoms with Gasteiger partial charge >= 0.3 is 8.25 Å². The summed E-state index contributed by atoms with van der Waals surface area (Å²) >= 11 is 0. The maximum Gasteiger partial charge on any atom is 0.749 e. The van der Waals surface area contributed by atoms with Crippen LogP contribution < -0.4 is 4.52 Å². The molecule has 0 fully saturated rings. The minimum atomic E-state index is -2.71. The van der Waals surface area contributed by atoms with E-state index in [-0.39, 0.29) is 5.88 Å². The number of aromatic nitrogens is 3. The maximum absolute atomic E-state index is 10.8. The average Bonchev–Trinajstić information content (AvgIpc) is 2.76. The monoisotopic (exact) mass is 288 g/mol. The number of benzene rings is 1. The first-order valence-electron chi connectivity index (χ1n) is 5.87. The summed E-state index contributed by atoms with van der Waals surface area (Å²) in [6, 6.07) is 11.3. The number of hydrogen-bond donors (Lipinski definition) is 1. The van der Waals surface area contributed by atoms with Gasteiger partial charge in [-0.15, -0.1) is 4.89 Å². The normalized spacial score (nSPS) is 11.6. The van der Waals surface area contributed by atoms with Crippen molar-refractivity contribution < 1.29 is 14.0 Å². The molecule has 3 rings (SSSR count). The third-order valence-electron chi connectivity index (χ3n) is 3.00. The van der Waals surface area contributed by atoms with E-state index in [4.69, 9.17) is 9.42 Å². The van der Waals surface area contributed by atoms with Gasteiger partial charge in [0.2, 0.25) is 0 Å². The Labute approximate surface area is 115 Å². The second-order valence-electron chi connectivity index (χ2n) is 4.20. The minimum absolute atomic E-state index is 0.279. The van der Waals surface area contributed by atoms with Crippen molar-refractivity contribution in [3.8, 4) is 17.1 Å². The third kappa shape index (κ3) is 2.15. The molecule has 0 aliphatic heterocycles. The lowest BCUT2D eigenvalue weighted by atomic mass is 10.1. The first kappa shape index (κ1) is 12.7. The van der Waals surface area contributed by atoms with Crippen LogP contribution in [0.2, 0.25) is 0 Å². The molecule has 1 aromatic carbocycles. The highest BCUT2D eigenvalue weighted by atomic mass is 31.1. The second kappa shape index (κ2) is 5.00. The van der Waals surface area contributed by atoms with E-state index in [9.17, 15) is 4.57 Å². The fourth-order valence-corrected chi connectivity index (χ4v) is 2.44. The Morgan fingerprint density at radius 2 is 2.00 bits per heavy atom. The topological polar surface area (TPSA) is 77.2 Å². The highest BCUT2D eigenvalue weighted by molar-refractivity contribution is 7.32. The summed E-state index contributed by atoms with van der Waals surface area (Å²) in [7, 11) is -0.992. The van der Waals surface area contributed by atoms with Gasteiger partial charge in [0.05, 0.1) is 5.69 Å². The predicted molar refractivity (Wildman–Crippen MR) is 74.4 cm³/mol. The van der Waals surface area contributed by atoms with Crippen molar-refractivity contribution >= 4 is 19.3 Å². The second-order valence-corrected chi connectivity index (χ2v) is 4.85. The molecule has 1 N–H and O–H groups in total. The molecule has 0 aliphatic rings. The van der Waals surface area contributed by atoms with Gasteiger partial charge in [-0.3, -0.25) is 4.57 Å². The van der Waals surface area contributed by atoms with Gasteiger partial charge in [-0.2, -0.15) is 0 Å². The standard InChI is InChI=1S/C13H10N3O3P/c1-16-11(19-20(17)18)7-10-12(14-8-15-13(10)16)9-5-3-2-4-6-9/h2-8H,1H3/p+1. The molecule has 0 spiro atoms. The Balaban J connectivity index is 2.22. The molecule has 2 heterocycles. The molecular weight excluding hydrogens is 277 g/mol. The van der Waals surface area contributed by atoms with Crippen LogP contribution >= 0.6 is 8.25 Å². The van der Waals surface area contributed by atoms with Gasteiger partial charge < -0.3 is 0 Å². The van der Waals surface area contributed by atoms with Crippen molar-refractivity contribution in [2.45, 2.75) is 0 Å². The van der Waals surface area contributed by atoms with E-state index in [0.717, 1.165) is 16.6 Å². The molecule has 100 valence electrons. The Morgan fingerprint density at radius 3 is 2.70 bits per heavy atom. The highest BCUT2D eigenvalue weighted by Crippen LogP contribution is 2.33. The van der Waals surface area contributed by atoms with Gasteiger partial charge in [0.25, 0.3) is 5.88 Å². The minimum Gasteiger partial charge on any atom is -0.295 e. The van der Waals surface area contributed by atoms with Crippen LogP contribution in [0, 0.1) is 0 Å². The lowest BCUT2D eigenvalue weighted by molar-refractivity contribution is 0.398. The molecule has 7 heteroatoms. The Bertz CT molecular complexity index is 786. The molecule has 20 heavy (non-hydrogen) atoms. The zero-order valence-electron chi connectivity index (χ0n) is 10.6. The zero-order valence-corrected chi connectivity index (χ0v) is 11.5. The van der Waals surface area contributed by atoms with Crippen molar-refractivity contribution in [2.75, 3.05) is 0 Å². The number of aryl methyl sites for hydroxylation is 1. The molecule has 2 aromatic heterocycles. The number of rotatable bonds is 3. The summed E-state index contributed by atoms with van der Waals surface area (Å²) in [5.41, 5.74) is 2.35. The smallest absolute Gasteiger partial charge is 0.295 e. The molecular formula is C13H11N3O3P+. The van der Waals surface area contributed by atoms with E-state index >= 15 is 0 Å². The van der Waals surface area contributed by atoms with Crippen LogP contribution in [-0.4, -0.2) is 19.4 Å². The van der Waals surface area contributed by atoms with Crippen LogP contribution in [0.15, 0.2) is 42.7 Å². The first-order chi connectivity index (χ1) is 9.66. The predicted octanol–water partition coefficient (Wildman–Crippen LogP) is 2.66. The van der Waals surface area contributed by atoms with Crippen LogP contribution in [0.4, 0.5) is 0 Å². The van der Waals surface area contributed by atoms with Crippen molar-refractivity contribution in [2.24, 2.45) is 7.05 Å². The Kier molecular flexibility index (Phi) is 3.18. The van der Waals surface area contributed by atoms with E-state index < -0.39 is 8.25 Å². The van der Waals surface area contributed by atoms with Crippen molar-refractivity contribution in [3.63, 3.8) is 0 Å². The summed E-state index contributed by atoms with van der Waals surface area (Å²) < 4.78 is 17.3. The molecule has 1 unspecified atom stereocenters. The lowest BCUT2D eigenvalue weighted by Crippen LogP contribution is -1.94. The van der Waals surface area contributed by atoms with Crippen molar-refractivity contribution in [1.82, 2.24) is 14.5 Å². The fourth-order valence-electron chi connectivity index (χ4n) is 2.10. The van der Waals surface area contributed by atoms with E-state index in [1.807, 2.05) is 30.3 Å². The maximum atomic E-state index is 10.8. The van der Waals surface area contributed by atoms with Crippen LogP contribution in [0.5, 0.6) is 5.88 Å². The number of nitrogens with zero attached hydrogens (tertiary/aromatic N) is 3. The first-order valence-corrected chi connectivity index (χ1v) is 7.00. The summed E-state index contributed by atoms with van der Waals surface area (Å²) in [4.78, 5) is 17.4. The zero-order chi connectivity index (χ0) is 14.1. The van der Waals surface area contributed by atoms with Gasteiger partial charge in [0.1, 0.15) is 12.0 Å².